The molecule has 71 heavy (non-hydrogen) atoms. The van der Waals surface area contributed by atoms with Gasteiger partial charge in [0.2, 0.25) is 0 Å². The highest BCUT2D eigenvalue weighted by Crippen LogP contribution is 2.14. The van der Waals surface area contributed by atoms with Gasteiger partial charge in [0, 0.05) is 19.3 Å². The Morgan fingerprint density at radius 2 is 0.535 bits per heavy atom. The van der Waals surface area contributed by atoms with E-state index in [1.165, 1.54) is 128 Å². The number of hydrogen-bond acceptors (Lipinski definition) is 6. The molecule has 0 heterocycles. The van der Waals surface area contributed by atoms with E-state index in [-0.39, 0.29) is 37.5 Å². The van der Waals surface area contributed by atoms with Gasteiger partial charge in [-0.3, -0.25) is 14.4 Å². The minimum atomic E-state index is -0.822. The molecule has 6 heteroatoms. The highest BCUT2D eigenvalue weighted by molar-refractivity contribution is 5.71. The lowest BCUT2D eigenvalue weighted by Crippen LogP contribution is -2.30. The first kappa shape index (κ1) is 67.1. The molecule has 0 unspecified atom stereocenters. The van der Waals surface area contributed by atoms with Gasteiger partial charge in [-0.15, -0.1) is 0 Å². The molecule has 0 radical (unpaired) electrons. The van der Waals surface area contributed by atoms with E-state index in [0.717, 1.165) is 89.9 Å². The summed E-state index contributed by atoms with van der Waals surface area (Å²) in [6.45, 7) is 6.50. The maximum Gasteiger partial charge on any atom is 0.306 e. The molecule has 0 bridgehead atoms. The third kappa shape index (κ3) is 56.9. The standard InChI is InChI=1S/C65H108O6/c1-4-7-10-13-16-19-22-25-28-31-32-35-37-40-43-46-49-52-55-58-64(67)70-61-62(71-65(68)59-56-53-50-47-44-41-38-34-30-27-24-21-18-15-12-9-6-3)60-69-63(66)57-54-51-48-45-42-39-36-33-29-26-23-20-17-14-11-8-5-2/h16-17,19-20,25-30,32,35-36,39-40,43,49,52,62H,4-15,18,21-24,31,33-34,37-38,41-42,44-48,50-51,53-61H2,1-3H3/b19-16-,20-17-,28-25-,29-26-,30-27-,35-32-,39-36-,43-40-,52-49-/t62-/m0/s1. The number of carbonyl (C=O) groups excluding carboxylic acids is 3. The first-order chi connectivity index (χ1) is 35.0. The molecule has 0 aromatic carbocycles. The lowest BCUT2D eigenvalue weighted by molar-refractivity contribution is -0.166. The van der Waals surface area contributed by atoms with Crippen molar-refractivity contribution in [1.29, 1.82) is 0 Å². The summed E-state index contributed by atoms with van der Waals surface area (Å²) in [7, 11) is 0. The molecule has 0 saturated carbocycles. The van der Waals surface area contributed by atoms with Crippen LogP contribution in [-0.2, 0) is 28.6 Å². The molecule has 6 nitrogen and oxygen atoms in total. The molecule has 0 amide bonds. The summed E-state index contributed by atoms with van der Waals surface area (Å²) in [4.78, 5) is 38.2. The zero-order valence-corrected chi connectivity index (χ0v) is 46.2. The summed E-state index contributed by atoms with van der Waals surface area (Å²) in [6.07, 6.45) is 79.4. The van der Waals surface area contributed by atoms with Crippen LogP contribution in [0.25, 0.3) is 0 Å². The lowest BCUT2D eigenvalue weighted by Gasteiger charge is -2.18. The van der Waals surface area contributed by atoms with Crippen LogP contribution in [0.2, 0.25) is 0 Å². The normalized spacial score (nSPS) is 12.9. The smallest absolute Gasteiger partial charge is 0.306 e. The molecule has 0 saturated heterocycles. The van der Waals surface area contributed by atoms with Crippen LogP contribution >= 0.6 is 0 Å². The highest BCUT2D eigenvalue weighted by atomic mass is 16.6. The topological polar surface area (TPSA) is 78.9 Å². The largest absolute Gasteiger partial charge is 0.462 e. The predicted molar refractivity (Wildman–Crippen MR) is 307 cm³/mol. The van der Waals surface area contributed by atoms with E-state index in [4.69, 9.17) is 14.2 Å². The Balaban J connectivity index is 4.55. The number of carbonyl (C=O) groups is 3. The zero-order valence-electron chi connectivity index (χ0n) is 46.2. The van der Waals surface area contributed by atoms with Gasteiger partial charge >= 0.3 is 17.9 Å². The Bertz CT molecular complexity index is 1460. The van der Waals surface area contributed by atoms with Crippen molar-refractivity contribution in [2.24, 2.45) is 0 Å². The van der Waals surface area contributed by atoms with E-state index in [1.54, 1.807) is 0 Å². The second kappa shape index (κ2) is 58.6. The van der Waals surface area contributed by atoms with E-state index < -0.39 is 6.10 Å². The van der Waals surface area contributed by atoms with Crippen LogP contribution in [0.5, 0.6) is 0 Å². The van der Waals surface area contributed by atoms with Crippen molar-refractivity contribution in [3.05, 3.63) is 109 Å². The van der Waals surface area contributed by atoms with E-state index in [2.05, 4.69) is 124 Å². The Hall–Kier alpha value is -3.93. The van der Waals surface area contributed by atoms with Crippen LogP contribution in [0.4, 0.5) is 0 Å². The number of esters is 3. The Morgan fingerprint density at radius 3 is 0.915 bits per heavy atom. The maximum absolute atomic E-state index is 12.9. The Labute approximate surface area is 438 Å². The zero-order chi connectivity index (χ0) is 51.4. The third-order valence-corrected chi connectivity index (χ3v) is 12.2. The van der Waals surface area contributed by atoms with Crippen molar-refractivity contribution in [2.75, 3.05) is 13.2 Å². The summed E-state index contributed by atoms with van der Waals surface area (Å²) in [5.41, 5.74) is 0. The molecule has 0 fully saturated rings. The fourth-order valence-electron chi connectivity index (χ4n) is 7.78. The van der Waals surface area contributed by atoms with Crippen LogP contribution in [0.3, 0.4) is 0 Å². The van der Waals surface area contributed by atoms with Gasteiger partial charge in [-0.05, 0) is 122 Å². The molecule has 404 valence electrons. The molecule has 0 spiro atoms. The van der Waals surface area contributed by atoms with Gasteiger partial charge < -0.3 is 14.2 Å². The number of rotatable bonds is 52. The predicted octanol–water partition coefficient (Wildman–Crippen LogP) is 19.9. The molecule has 0 rings (SSSR count). The summed E-state index contributed by atoms with van der Waals surface area (Å²) in [5.74, 6) is -1.02. The molecule has 0 aliphatic heterocycles. The average Bonchev–Trinajstić information content (AvgIpc) is 3.37. The number of unbranched alkanes of at least 4 members (excludes halogenated alkanes) is 23. The summed E-state index contributed by atoms with van der Waals surface area (Å²) >= 11 is 0. The molecule has 0 aliphatic carbocycles. The Morgan fingerprint density at radius 1 is 0.282 bits per heavy atom. The van der Waals surface area contributed by atoms with Gasteiger partial charge in [0.25, 0.3) is 0 Å². The molecule has 1 atom stereocenters. The van der Waals surface area contributed by atoms with Crippen molar-refractivity contribution in [2.45, 2.75) is 271 Å². The quantitative estimate of drug-likeness (QED) is 0.0261. The average molecular weight is 986 g/mol. The van der Waals surface area contributed by atoms with E-state index in [1.807, 2.05) is 6.08 Å². The molecule has 0 aliphatic rings. The molecule has 0 aromatic rings. The van der Waals surface area contributed by atoms with Crippen LogP contribution < -0.4 is 0 Å². The highest BCUT2D eigenvalue weighted by Gasteiger charge is 2.19. The van der Waals surface area contributed by atoms with E-state index >= 15 is 0 Å². The SMILES string of the molecule is CCCCC/C=C\C/C=C\C/C=C\C/C=C\C/C=C\CCC(=O)OC[C@H](COC(=O)CCCCCC/C=C\C/C=C\C/C=C\CCCCC)OC(=O)CCCCCCCCC/C=C\CCCCCCCC. The van der Waals surface area contributed by atoms with Crippen molar-refractivity contribution >= 4 is 17.9 Å². The van der Waals surface area contributed by atoms with Crippen molar-refractivity contribution < 1.29 is 28.6 Å². The minimum absolute atomic E-state index is 0.116. The lowest BCUT2D eigenvalue weighted by atomic mass is 10.1. The van der Waals surface area contributed by atoms with Crippen LogP contribution in [-0.4, -0.2) is 37.2 Å². The van der Waals surface area contributed by atoms with Gasteiger partial charge in [-0.2, -0.15) is 0 Å². The first-order valence-corrected chi connectivity index (χ1v) is 29.4. The molecule has 0 aromatic heterocycles. The maximum atomic E-state index is 12.9. The van der Waals surface area contributed by atoms with Crippen molar-refractivity contribution in [3.63, 3.8) is 0 Å². The van der Waals surface area contributed by atoms with Gasteiger partial charge in [-0.1, -0.05) is 233 Å². The number of hydrogen-bond donors (Lipinski definition) is 0. The third-order valence-electron chi connectivity index (χ3n) is 12.2. The monoisotopic (exact) mass is 985 g/mol. The fourth-order valence-corrected chi connectivity index (χ4v) is 7.78. The van der Waals surface area contributed by atoms with Crippen molar-refractivity contribution in [1.82, 2.24) is 0 Å². The minimum Gasteiger partial charge on any atom is -0.462 e. The number of ether oxygens (including phenoxy) is 3. The van der Waals surface area contributed by atoms with E-state index in [9.17, 15) is 14.4 Å². The van der Waals surface area contributed by atoms with Crippen LogP contribution in [0, 0.1) is 0 Å². The van der Waals surface area contributed by atoms with Crippen LogP contribution in [0.15, 0.2) is 109 Å². The Kier molecular flexibility index (Phi) is 55.4. The van der Waals surface area contributed by atoms with Gasteiger partial charge in [0.05, 0.1) is 0 Å². The molecular formula is C65H108O6. The second-order valence-corrected chi connectivity index (χ2v) is 19.2. The van der Waals surface area contributed by atoms with Gasteiger partial charge in [-0.25, -0.2) is 0 Å². The van der Waals surface area contributed by atoms with Crippen LogP contribution in [0.1, 0.15) is 265 Å². The summed E-state index contributed by atoms with van der Waals surface area (Å²) in [5, 5.41) is 0. The molecule has 0 N–H and O–H groups in total. The van der Waals surface area contributed by atoms with Gasteiger partial charge in [0.1, 0.15) is 13.2 Å². The molecular weight excluding hydrogens is 877 g/mol. The summed E-state index contributed by atoms with van der Waals surface area (Å²) < 4.78 is 16.8. The summed E-state index contributed by atoms with van der Waals surface area (Å²) in [6, 6.07) is 0. The van der Waals surface area contributed by atoms with E-state index in [0.29, 0.717) is 19.3 Å². The first-order valence-electron chi connectivity index (χ1n) is 29.4. The second-order valence-electron chi connectivity index (χ2n) is 19.2. The fraction of sp³-hybridized carbons (Fsp3) is 0.677. The van der Waals surface area contributed by atoms with Gasteiger partial charge in [0.15, 0.2) is 6.10 Å². The number of allylic oxidation sites excluding steroid dienone is 18. The van der Waals surface area contributed by atoms with Crippen molar-refractivity contribution in [3.8, 4) is 0 Å².